The Bertz CT molecular complexity index is 144. The van der Waals surface area contributed by atoms with Gasteiger partial charge in [-0.2, -0.15) is 0 Å². The number of hydrogen-bond donors (Lipinski definition) is 1. The maximum absolute atomic E-state index is 10.2. The molecule has 58 valence electrons. The minimum absolute atomic E-state index is 0.261. The van der Waals surface area contributed by atoms with Crippen LogP contribution in [0.1, 0.15) is 6.92 Å². The van der Waals surface area contributed by atoms with E-state index in [1.165, 1.54) is 7.11 Å². The molecule has 5 nitrogen and oxygen atoms in total. The first-order chi connectivity index (χ1) is 4.70. The molecule has 0 radical (unpaired) electrons. The van der Waals surface area contributed by atoms with Gasteiger partial charge in [-0.3, -0.25) is 4.84 Å². The monoisotopic (exact) mass is 146 g/mol. The number of methoxy groups -OCH3 is 1. The Morgan fingerprint density at radius 3 is 2.70 bits per heavy atom. The molecule has 0 aromatic carbocycles. The van der Waals surface area contributed by atoms with E-state index in [2.05, 4.69) is 14.7 Å². The molecule has 0 fully saturated rings. The molecule has 10 heavy (non-hydrogen) atoms. The fourth-order valence-corrected chi connectivity index (χ4v) is 0.190. The third kappa shape index (κ3) is 3.85. The molecule has 0 amide bonds. The molecule has 0 unspecified atom stereocenters. The molecular formula is C5H10N2O3. The number of carbonyl (C=O) groups excluding carboxylic acids is 1. The van der Waals surface area contributed by atoms with Crippen LogP contribution in [0.5, 0.6) is 0 Å². The predicted octanol–water partition coefficient (Wildman–Crippen LogP) is 0.104. The Balaban J connectivity index is 3.61. The topological polar surface area (TPSA) is 73.9 Å². The molecule has 0 aliphatic carbocycles. The molecule has 0 atom stereocenters. The van der Waals surface area contributed by atoms with Crippen LogP contribution in [0.4, 0.5) is 4.79 Å². The SMILES string of the molecule is COC(=O)O/N=C(\C)CN. The van der Waals surface area contributed by atoms with Crippen molar-refractivity contribution in [1.82, 2.24) is 0 Å². The Morgan fingerprint density at radius 1 is 1.70 bits per heavy atom. The quantitative estimate of drug-likeness (QED) is 0.259. The van der Waals surface area contributed by atoms with E-state index in [0.717, 1.165) is 0 Å². The highest BCUT2D eigenvalue weighted by atomic mass is 16.8. The van der Waals surface area contributed by atoms with Crippen LogP contribution in [-0.4, -0.2) is 25.5 Å². The van der Waals surface area contributed by atoms with Crippen LogP contribution in [0.15, 0.2) is 5.16 Å². The van der Waals surface area contributed by atoms with Crippen molar-refractivity contribution in [3.63, 3.8) is 0 Å². The summed E-state index contributed by atoms with van der Waals surface area (Å²) >= 11 is 0. The highest BCUT2D eigenvalue weighted by molar-refractivity contribution is 5.83. The van der Waals surface area contributed by atoms with Gasteiger partial charge in [-0.1, -0.05) is 5.16 Å². The minimum Gasteiger partial charge on any atom is -0.436 e. The summed E-state index contributed by atoms with van der Waals surface area (Å²) < 4.78 is 4.14. The van der Waals surface area contributed by atoms with Crippen LogP contribution in [0.25, 0.3) is 0 Å². The lowest BCUT2D eigenvalue weighted by atomic mass is 10.4. The van der Waals surface area contributed by atoms with E-state index in [1.807, 2.05) is 0 Å². The van der Waals surface area contributed by atoms with Crippen molar-refractivity contribution >= 4 is 11.9 Å². The van der Waals surface area contributed by atoms with Gasteiger partial charge in [0.15, 0.2) is 0 Å². The van der Waals surface area contributed by atoms with Gasteiger partial charge in [-0.25, -0.2) is 4.79 Å². The first kappa shape index (κ1) is 8.90. The van der Waals surface area contributed by atoms with Gasteiger partial charge in [-0.15, -0.1) is 0 Å². The van der Waals surface area contributed by atoms with Crippen LogP contribution in [0.2, 0.25) is 0 Å². The molecule has 0 bridgehead atoms. The molecule has 0 aliphatic rings. The zero-order valence-electron chi connectivity index (χ0n) is 5.96. The first-order valence-corrected chi connectivity index (χ1v) is 2.69. The molecule has 0 spiro atoms. The van der Waals surface area contributed by atoms with Crippen molar-refractivity contribution in [3.8, 4) is 0 Å². The van der Waals surface area contributed by atoms with Crippen LogP contribution < -0.4 is 5.73 Å². The normalized spacial score (nSPS) is 10.9. The lowest BCUT2D eigenvalue weighted by molar-refractivity contribution is 0.0752. The molecule has 0 rings (SSSR count). The van der Waals surface area contributed by atoms with Gasteiger partial charge in [0.1, 0.15) is 0 Å². The average Bonchev–Trinajstić information content (AvgIpc) is 1.99. The van der Waals surface area contributed by atoms with E-state index >= 15 is 0 Å². The van der Waals surface area contributed by atoms with Crippen LogP contribution in [-0.2, 0) is 9.57 Å². The molecule has 5 heteroatoms. The Hall–Kier alpha value is -1.10. The van der Waals surface area contributed by atoms with E-state index in [-0.39, 0.29) is 6.54 Å². The number of hydrogen-bond acceptors (Lipinski definition) is 5. The van der Waals surface area contributed by atoms with Crippen LogP contribution >= 0.6 is 0 Å². The van der Waals surface area contributed by atoms with Gasteiger partial charge in [-0.05, 0) is 6.92 Å². The summed E-state index contributed by atoms with van der Waals surface area (Å²) in [7, 11) is 1.20. The Morgan fingerprint density at radius 2 is 2.30 bits per heavy atom. The van der Waals surface area contributed by atoms with E-state index in [4.69, 9.17) is 5.73 Å². The number of rotatable bonds is 2. The zero-order chi connectivity index (χ0) is 7.98. The van der Waals surface area contributed by atoms with Crippen molar-refractivity contribution in [2.24, 2.45) is 10.9 Å². The van der Waals surface area contributed by atoms with Crippen molar-refractivity contribution in [2.75, 3.05) is 13.7 Å². The van der Waals surface area contributed by atoms with Gasteiger partial charge in [0, 0.05) is 6.54 Å². The summed E-state index contributed by atoms with van der Waals surface area (Å²) in [5.41, 5.74) is 5.67. The summed E-state index contributed by atoms with van der Waals surface area (Å²) in [6.45, 7) is 1.90. The van der Waals surface area contributed by atoms with Crippen LogP contribution in [0, 0.1) is 0 Å². The zero-order valence-corrected chi connectivity index (χ0v) is 5.96. The second kappa shape index (κ2) is 4.75. The van der Waals surface area contributed by atoms with E-state index in [9.17, 15) is 4.79 Å². The second-order valence-electron chi connectivity index (χ2n) is 1.58. The largest absolute Gasteiger partial charge is 0.534 e. The summed E-state index contributed by atoms with van der Waals surface area (Å²) in [4.78, 5) is 14.4. The highest BCUT2D eigenvalue weighted by Crippen LogP contribution is 1.83. The summed E-state index contributed by atoms with van der Waals surface area (Å²) in [6.07, 6.45) is -0.840. The summed E-state index contributed by atoms with van der Waals surface area (Å²) in [5.74, 6) is 0. The average molecular weight is 146 g/mol. The molecule has 0 saturated heterocycles. The number of nitrogens with zero attached hydrogens (tertiary/aromatic N) is 1. The third-order valence-electron chi connectivity index (χ3n) is 0.738. The Labute approximate surface area is 58.8 Å². The van der Waals surface area contributed by atoms with E-state index in [0.29, 0.717) is 5.71 Å². The van der Waals surface area contributed by atoms with Crippen molar-refractivity contribution < 1.29 is 14.4 Å². The maximum Gasteiger partial charge on any atom is 0.534 e. The smallest absolute Gasteiger partial charge is 0.436 e. The fraction of sp³-hybridized carbons (Fsp3) is 0.600. The number of ether oxygens (including phenoxy) is 1. The Kier molecular flexibility index (Phi) is 4.23. The summed E-state index contributed by atoms with van der Waals surface area (Å²) in [6, 6.07) is 0. The number of nitrogens with two attached hydrogens (primary N) is 1. The molecule has 0 heterocycles. The van der Waals surface area contributed by atoms with Crippen LogP contribution in [0.3, 0.4) is 0 Å². The van der Waals surface area contributed by atoms with Crippen molar-refractivity contribution in [1.29, 1.82) is 0 Å². The van der Waals surface area contributed by atoms with Gasteiger partial charge < -0.3 is 10.5 Å². The minimum atomic E-state index is -0.840. The first-order valence-electron chi connectivity index (χ1n) is 2.69. The molecule has 0 aromatic rings. The lowest BCUT2D eigenvalue weighted by Crippen LogP contribution is -2.11. The predicted molar refractivity (Wildman–Crippen MR) is 35.7 cm³/mol. The highest BCUT2D eigenvalue weighted by Gasteiger charge is 1.97. The van der Waals surface area contributed by atoms with Gasteiger partial charge >= 0.3 is 6.16 Å². The molecule has 0 aliphatic heterocycles. The molecule has 2 N–H and O–H groups in total. The van der Waals surface area contributed by atoms with Crippen molar-refractivity contribution in [3.05, 3.63) is 0 Å². The van der Waals surface area contributed by atoms with Gasteiger partial charge in [0.2, 0.25) is 0 Å². The number of carbonyl (C=O) groups is 1. The third-order valence-corrected chi connectivity index (χ3v) is 0.738. The second-order valence-corrected chi connectivity index (χ2v) is 1.58. The van der Waals surface area contributed by atoms with Crippen molar-refractivity contribution in [2.45, 2.75) is 6.92 Å². The maximum atomic E-state index is 10.2. The molecule has 0 aromatic heterocycles. The summed E-state index contributed by atoms with van der Waals surface area (Å²) in [5, 5.41) is 3.33. The number of oxime groups is 1. The van der Waals surface area contributed by atoms with E-state index in [1.54, 1.807) is 6.92 Å². The standard InChI is InChI=1S/C5H10N2O3/c1-4(3-6)7-10-5(8)9-2/h3,6H2,1-2H3/b7-4+. The lowest BCUT2D eigenvalue weighted by Gasteiger charge is -1.94. The van der Waals surface area contributed by atoms with E-state index < -0.39 is 6.16 Å². The fourth-order valence-electron chi connectivity index (χ4n) is 0.190. The molecule has 0 saturated carbocycles. The molecular weight excluding hydrogens is 136 g/mol. The van der Waals surface area contributed by atoms with Gasteiger partial charge in [0.25, 0.3) is 0 Å². The van der Waals surface area contributed by atoms with Gasteiger partial charge in [0.05, 0.1) is 12.8 Å².